The van der Waals surface area contributed by atoms with Crippen LogP contribution >= 0.6 is 0 Å². The van der Waals surface area contributed by atoms with Crippen LogP contribution in [0.3, 0.4) is 0 Å². The van der Waals surface area contributed by atoms with Gasteiger partial charge in [0, 0.05) is 26.0 Å². The van der Waals surface area contributed by atoms with E-state index < -0.39 is 10.0 Å². The van der Waals surface area contributed by atoms with Crippen LogP contribution in [0.25, 0.3) is 0 Å². The molecule has 1 heterocycles. The number of aromatic nitrogens is 2. The van der Waals surface area contributed by atoms with Crippen LogP contribution in [0.15, 0.2) is 47.5 Å². The predicted molar refractivity (Wildman–Crippen MR) is 76.7 cm³/mol. The van der Waals surface area contributed by atoms with Crippen LogP contribution in [0.4, 0.5) is 5.69 Å². The van der Waals surface area contributed by atoms with E-state index in [1.54, 1.807) is 30.5 Å². The van der Waals surface area contributed by atoms with E-state index in [0.29, 0.717) is 6.54 Å². The summed E-state index contributed by atoms with van der Waals surface area (Å²) in [5.41, 5.74) is 1.64. The zero-order chi connectivity index (χ0) is 14.6. The Hall–Kier alpha value is -1.99. The first kappa shape index (κ1) is 14.4. The summed E-state index contributed by atoms with van der Waals surface area (Å²) in [4.78, 5) is 0.271. The molecule has 0 unspecified atom stereocenters. The van der Waals surface area contributed by atoms with Crippen molar-refractivity contribution in [3.8, 4) is 0 Å². The summed E-state index contributed by atoms with van der Waals surface area (Å²) in [6.45, 7) is 0.535. The van der Waals surface area contributed by atoms with Gasteiger partial charge in [-0.1, -0.05) is 0 Å². The first-order valence-corrected chi connectivity index (χ1v) is 7.47. The van der Waals surface area contributed by atoms with Crippen LogP contribution in [0.5, 0.6) is 0 Å². The SMILES string of the molecule is CN(C)S(=O)(=O)c1ccc(NCc2cccnn2)cc1. The fourth-order valence-corrected chi connectivity index (χ4v) is 2.48. The molecule has 0 bridgehead atoms. The minimum atomic E-state index is -3.38. The fraction of sp³-hybridized carbons (Fsp3) is 0.231. The summed E-state index contributed by atoms with van der Waals surface area (Å²) in [7, 11) is -0.359. The zero-order valence-corrected chi connectivity index (χ0v) is 12.1. The normalized spacial score (nSPS) is 11.6. The van der Waals surface area contributed by atoms with Crippen LogP contribution < -0.4 is 5.32 Å². The largest absolute Gasteiger partial charge is 0.379 e. The van der Waals surface area contributed by atoms with E-state index in [1.165, 1.54) is 18.4 Å². The maximum Gasteiger partial charge on any atom is 0.242 e. The molecule has 0 saturated heterocycles. The lowest BCUT2D eigenvalue weighted by Crippen LogP contribution is -2.22. The number of hydrogen-bond donors (Lipinski definition) is 1. The van der Waals surface area contributed by atoms with E-state index in [9.17, 15) is 8.42 Å². The van der Waals surface area contributed by atoms with Gasteiger partial charge >= 0.3 is 0 Å². The monoisotopic (exact) mass is 292 g/mol. The third-order valence-electron chi connectivity index (χ3n) is 2.73. The zero-order valence-electron chi connectivity index (χ0n) is 11.3. The highest BCUT2D eigenvalue weighted by atomic mass is 32.2. The molecule has 1 aromatic carbocycles. The number of anilines is 1. The van der Waals surface area contributed by atoms with Gasteiger partial charge in [0.15, 0.2) is 0 Å². The van der Waals surface area contributed by atoms with Gasteiger partial charge in [0.1, 0.15) is 0 Å². The minimum absolute atomic E-state index is 0.271. The maximum atomic E-state index is 11.9. The molecule has 0 fully saturated rings. The lowest BCUT2D eigenvalue weighted by atomic mass is 10.3. The summed E-state index contributed by atoms with van der Waals surface area (Å²) in [6.07, 6.45) is 1.62. The van der Waals surface area contributed by atoms with E-state index in [1.807, 2.05) is 12.1 Å². The molecule has 0 aliphatic rings. The third-order valence-corrected chi connectivity index (χ3v) is 4.56. The quantitative estimate of drug-likeness (QED) is 0.900. The molecule has 1 N–H and O–H groups in total. The van der Waals surface area contributed by atoms with Crippen LogP contribution in [0.2, 0.25) is 0 Å². The van der Waals surface area contributed by atoms with Gasteiger partial charge in [-0.05, 0) is 36.4 Å². The van der Waals surface area contributed by atoms with E-state index in [4.69, 9.17) is 0 Å². The first-order valence-electron chi connectivity index (χ1n) is 6.03. The second-order valence-electron chi connectivity index (χ2n) is 4.38. The Morgan fingerprint density at radius 2 is 1.85 bits per heavy atom. The highest BCUT2D eigenvalue weighted by Gasteiger charge is 2.16. The summed E-state index contributed by atoms with van der Waals surface area (Å²) in [5, 5.41) is 10.9. The standard InChI is InChI=1S/C13H16N4O2S/c1-17(2)20(18,19)13-7-5-11(6-8-13)14-10-12-4-3-9-15-16-12/h3-9,14H,10H2,1-2H3. The number of hydrogen-bond acceptors (Lipinski definition) is 5. The Balaban J connectivity index is 2.06. The molecule has 106 valence electrons. The molecule has 0 aliphatic carbocycles. The second kappa shape index (κ2) is 5.98. The summed E-state index contributed by atoms with van der Waals surface area (Å²) >= 11 is 0. The van der Waals surface area contributed by atoms with Gasteiger partial charge in [-0.2, -0.15) is 10.2 Å². The Bertz CT molecular complexity index is 655. The molecule has 7 heteroatoms. The minimum Gasteiger partial charge on any atom is -0.379 e. The van der Waals surface area contributed by atoms with Crippen molar-refractivity contribution in [3.05, 3.63) is 48.3 Å². The lowest BCUT2D eigenvalue weighted by molar-refractivity contribution is 0.521. The summed E-state index contributed by atoms with van der Waals surface area (Å²) in [5.74, 6) is 0. The van der Waals surface area contributed by atoms with Gasteiger partial charge in [-0.15, -0.1) is 0 Å². The summed E-state index contributed by atoms with van der Waals surface area (Å²) in [6, 6.07) is 10.3. The molecule has 2 aromatic rings. The highest BCUT2D eigenvalue weighted by Crippen LogP contribution is 2.16. The fourth-order valence-electron chi connectivity index (χ4n) is 1.58. The number of rotatable bonds is 5. The van der Waals surface area contributed by atoms with Crippen LogP contribution in [-0.4, -0.2) is 37.0 Å². The first-order chi connectivity index (χ1) is 9.50. The topological polar surface area (TPSA) is 75.2 Å². The Labute approximate surface area is 118 Å². The number of sulfonamides is 1. The Kier molecular flexibility index (Phi) is 4.31. The molecule has 0 atom stereocenters. The molecule has 1 aromatic heterocycles. The van der Waals surface area contributed by atoms with Crippen molar-refractivity contribution in [1.29, 1.82) is 0 Å². The van der Waals surface area contributed by atoms with Crippen molar-refractivity contribution in [2.24, 2.45) is 0 Å². The van der Waals surface area contributed by atoms with E-state index in [2.05, 4.69) is 15.5 Å². The molecule has 0 aliphatic heterocycles. The number of benzene rings is 1. The van der Waals surface area contributed by atoms with Gasteiger partial charge in [0.25, 0.3) is 0 Å². The molecule has 0 saturated carbocycles. The molecule has 20 heavy (non-hydrogen) atoms. The average molecular weight is 292 g/mol. The van der Waals surface area contributed by atoms with Crippen molar-refractivity contribution in [3.63, 3.8) is 0 Å². The van der Waals surface area contributed by atoms with E-state index >= 15 is 0 Å². The van der Waals surface area contributed by atoms with Crippen molar-refractivity contribution >= 4 is 15.7 Å². The van der Waals surface area contributed by atoms with Crippen molar-refractivity contribution in [2.45, 2.75) is 11.4 Å². The smallest absolute Gasteiger partial charge is 0.242 e. The molecule has 0 amide bonds. The molecule has 2 rings (SSSR count). The Morgan fingerprint density at radius 3 is 2.40 bits per heavy atom. The van der Waals surface area contributed by atoms with Crippen LogP contribution in [0.1, 0.15) is 5.69 Å². The number of nitrogens with one attached hydrogen (secondary N) is 1. The highest BCUT2D eigenvalue weighted by molar-refractivity contribution is 7.89. The molecule has 0 spiro atoms. The summed E-state index contributed by atoms with van der Waals surface area (Å²) < 4.78 is 25.0. The average Bonchev–Trinajstić information content (AvgIpc) is 2.46. The van der Waals surface area contributed by atoms with Crippen molar-refractivity contribution in [2.75, 3.05) is 19.4 Å². The lowest BCUT2D eigenvalue weighted by Gasteiger charge is -2.12. The molecular formula is C13H16N4O2S. The molecular weight excluding hydrogens is 276 g/mol. The van der Waals surface area contributed by atoms with Crippen LogP contribution in [-0.2, 0) is 16.6 Å². The third kappa shape index (κ3) is 3.31. The second-order valence-corrected chi connectivity index (χ2v) is 6.53. The maximum absolute atomic E-state index is 11.9. The number of nitrogens with zero attached hydrogens (tertiary/aromatic N) is 3. The van der Waals surface area contributed by atoms with Crippen LogP contribution in [0, 0.1) is 0 Å². The van der Waals surface area contributed by atoms with E-state index in [-0.39, 0.29) is 4.90 Å². The van der Waals surface area contributed by atoms with Crippen molar-refractivity contribution in [1.82, 2.24) is 14.5 Å². The predicted octanol–water partition coefficient (Wildman–Crippen LogP) is 1.34. The van der Waals surface area contributed by atoms with Gasteiger partial charge in [-0.3, -0.25) is 0 Å². The van der Waals surface area contributed by atoms with Gasteiger partial charge in [0.2, 0.25) is 10.0 Å². The molecule has 0 radical (unpaired) electrons. The van der Waals surface area contributed by atoms with Gasteiger partial charge in [0.05, 0.1) is 17.1 Å². The Morgan fingerprint density at radius 1 is 1.15 bits per heavy atom. The van der Waals surface area contributed by atoms with Crippen molar-refractivity contribution < 1.29 is 8.42 Å². The molecule has 6 nitrogen and oxygen atoms in total. The van der Waals surface area contributed by atoms with Gasteiger partial charge in [-0.25, -0.2) is 12.7 Å². The van der Waals surface area contributed by atoms with Gasteiger partial charge < -0.3 is 5.32 Å². The van der Waals surface area contributed by atoms with E-state index in [0.717, 1.165) is 11.4 Å².